The van der Waals surface area contributed by atoms with Gasteiger partial charge >= 0.3 is 0 Å². The fraction of sp³-hybridized carbons (Fsp3) is 0.875. The third-order valence-electron chi connectivity index (χ3n) is 4.24. The fourth-order valence-corrected chi connectivity index (χ4v) is 3.33. The minimum Gasteiger partial charge on any atom is -0.375 e. The van der Waals surface area contributed by atoms with Gasteiger partial charge in [-0.3, -0.25) is 9.69 Å². The van der Waals surface area contributed by atoms with Crippen molar-refractivity contribution in [3.63, 3.8) is 0 Å². The SMILES string of the molecule is CC(C)(C)CC(=O)N1CCN(CC2COC(C)(C)C2)C1=N[N+](=O)[O-]. The first-order valence-corrected chi connectivity index (χ1v) is 8.39. The van der Waals surface area contributed by atoms with Gasteiger partial charge in [-0.25, -0.2) is 10.1 Å². The molecule has 0 N–H and O–H groups in total. The number of hydrogen-bond donors (Lipinski definition) is 0. The molecule has 1 amide bonds. The zero-order valence-electron chi connectivity index (χ0n) is 15.2. The highest BCUT2D eigenvalue weighted by molar-refractivity contribution is 5.98. The van der Waals surface area contributed by atoms with Crippen molar-refractivity contribution in [2.24, 2.45) is 16.4 Å². The summed E-state index contributed by atoms with van der Waals surface area (Å²) in [6.45, 7) is 12.3. The standard InChI is InChI=1S/C16H28N4O4/c1-15(2,3)9-13(21)19-7-6-18(14(19)17-20(22)23)10-12-8-16(4,5)24-11-12/h12H,6-11H2,1-5H3. The number of hydrogen-bond acceptors (Lipinski definition) is 4. The number of nitrogens with zero attached hydrogens (tertiary/aromatic N) is 4. The van der Waals surface area contributed by atoms with Gasteiger partial charge in [0.1, 0.15) is 5.10 Å². The zero-order valence-corrected chi connectivity index (χ0v) is 15.2. The Balaban J connectivity index is 2.10. The lowest BCUT2D eigenvalue weighted by atomic mass is 9.92. The topological polar surface area (TPSA) is 88.3 Å². The molecule has 1 atom stereocenters. The lowest BCUT2D eigenvalue weighted by molar-refractivity contribution is -0.486. The van der Waals surface area contributed by atoms with Crippen molar-refractivity contribution < 1.29 is 14.6 Å². The summed E-state index contributed by atoms with van der Waals surface area (Å²) in [5, 5.41) is 13.7. The summed E-state index contributed by atoms with van der Waals surface area (Å²) >= 11 is 0. The van der Waals surface area contributed by atoms with E-state index in [2.05, 4.69) is 5.10 Å². The number of rotatable bonds is 4. The molecule has 0 aliphatic carbocycles. The van der Waals surface area contributed by atoms with Crippen molar-refractivity contribution >= 4 is 11.9 Å². The number of amides is 1. The normalized spacial score (nSPS) is 25.5. The molecule has 2 aliphatic rings. The molecular weight excluding hydrogens is 312 g/mol. The number of nitro groups is 1. The molecule has 24 heavy (non-hydrogen) atoms. The van der Waals surface area contributed by atoms with Crippen LogP contribution in [0.15, 0.2) is 5.10 Å². The molecule has 0 saturated carbocycles. The molecular formula is C16H28N4O4. The highest BCUT2D eigenvalue weighted by Gasteiger charge is 2.39. The predicted octanol–water partition coefficient (Wildman–Crippen LogP) is 1.93. The molecule has 0 aromatic rings. The molecule has 0 bridgehead atoms. The smallest absolute Gasteiger partial charge is 0.280 e. The highest BCUT2D eigenvalue weighted by Crippen LogP contribution is 2.30. The lowest BCUT2D eigenvalue weighted by Gasteiger charge is -2.24. The van der Waals surface area contributed by atoms with Crippen LogP contribution in [0.5, 0.6) is 0 Å². The van der Waals surface area contributed by atoms with Crippen molar-refractivity contribution in [2.45, 2.75) is 53.1 Å². The average Bonchev–Trinajstić information content (AvgIpc) is 2.91. The Bertz CT molecular complexity index is 539. The molecule has 2 heterocycles. The van der Waals surface area contributed by atoms with Gasteiger partial charge in [0.25, 0.3) is 5.96 Å². The van der Waals surface area contributed by atoms with Gasteiger partial charge < -0.3 is 9.64 Å². The minimum atomic E-state index is -0.722. The second-order valence-corrected chi connectivity index (χ2v) is 8.51. The van der Waals surface area contributed by atoms with E-state index >= 15 is 0 Å². The van der Waals surface area contributed by atoms with E-state index in [0.29, 0.717) is 32.7 Å². The minimum absolute atomic E-state index is 0.117. The van der Waals surface area contributed by atoms with E-state index in [-0.39, 0.29) is 28.8 Å². The first-order chi connectivity index (χ1) is 11.0. The molecule has 8 heteroatoms. The maximum Gasteiger partial charge on any atom is 0.280 e. The summed E-state index contributed by atoms with van der Waals surface area (Å²) in [4.78, 5) is 26.7. The Morgan fingerprint density at radius 2 is 2.08 bits per heavy atom. The Labute approximate surface area is 143 Å². The van der Waals surface area contributed by atoms with E-state index in [1.165, 1.54) is 4.90 Å². The average molecular weight is 340 g/mol. The van der Waals surface area contributed by atoms with E-state index in [0.717, 1.165) is 6.42 Å². The van der Waals surface area contributed by atoms with Crippen molar-refractivity contribution in [1.29, 1.82) is 0 Å². The van der Waals surface area contributed by atoms with Gasteiger partial charge in [-0.1, -0.05) is 20.8 Å². The third kappa shape index (κ3) is 4.90. The summed E-state index contributed by atoms with van der Waals surface area (Å²) < 4.78 is 5.74. The second-order valence-electron chi connectivity index (χ2n) is 8.51. The van der Waals surface area contributed by atoms with Crippen LogP contribution in [0.4, 0.5) is 0 Å². The molecule has 2 saturated heterocycles. The largest absolute Gasteiger partial charge is 0.375 e. The van der Waals surface area contributed by atoms with Gasteiger partial charge in [-0.05, 0) is 25.7 Å². The van der Waals surface area contributed by atoms with Crippen molar-refractivity contribution in [1.82, 2.24) is 9.80 Å². The molecule has 0 spiro atoms. The van der Waals surface area contributed by atoms with Gasteiger partial charge in [0, 0.05) is 32.0 Å². The molecule has 0 aromatic carbocycles. The second kappa shape index (κ2) is 6.66. The molecule has 2 fully saturated rings. The summed E-state index contributed by atoms with van der Waals surface area (Å²) in [5.74, 6) is 0.335. The highest BCUT2D eigenvalue weighted by atomic mass is 16.7. The zero-order chi connectivity index (χ0) is 18.1. The lowest BCUT2D eigenvalue weighted by Crippen LogP contribution is -2.41. The maximum atomic E-state index is 12.5. The molecule has 0 radical (unpaired) electrons. The number of carbonyl (C=O) groups excluding carboxylic acids is 1. The van der Waals surface area contributed by atoms with Gasteiger partial charge in [0.2, 0.25) is 5.91 Å². The Morgan fingerprint density at radius 1 is 1.42 bits per heavy atom. The van der Waals surface area contributed by atoms with Gasteiger partial charge in [0.05, 0.1) is 12.2 Å². The Kier molecular flexibility index (Phi) is 5.17. The molecule has 1 unspecified atom stereocenters. The first-order valence-electron chi connectivity index (χ1n) is 8.39. The van der Waals surface area contributed by atoms with Crippen LogP contribution in [-0.2, 0) is 9.53 Å². The molecule has 0 aromatic heterocycles. The monoisotopic (exact) mass is 340 g/mol. The Hall–Kier alpha value is -1.70. The summed E-state index contributed by atoms with van der Waals surface area (Å²) in [7, 11) is 0. The van der Waals surface area contributed by atoms with E-state index in [1.807, 2.05) is 39.5 Å². The predicted molar refractivity (Wildman–Crippen MR) is 89.9 cm³/mol. The van der Waals surface area contributed by atoms with Crippen molar-refractivity contribution in [3.05, 3.63) is 10.1 Å². The summed E-state index contributed by atoms with van der Waals surface area (Å²) in [5.41, 5.74) is -0.333. The molecule has 2 rings (SSSR count). The van der Waals surface area contributed by atoms with Crippen LogP contribution in [0.25, 0.3) is 0 Å². The van der Waals surface area contributed by atoms with E-state index in [9.17, 15) is 14.9 Å². The van der Waals surface area contributed by atoms with Crippen molar-refractivity contribution in [2.75, 3.05) is 26.2 Å². The van der Waals surface area contributed by atoms with E-state index in [4.69, 9.17) is 4.74 Å². The molecule has 136 valence electrons. The quantitative estimate of drug-likeness (QED) is 0.576. The summed E-state index contributed by atoms with van der Waals surface area (Å²) in [6, 6.07) is 0. The van der Waals surface area contributed by atoms with Crippen LogP contribution < -0.4 is 0 Å². The van der Waals surface area contributed by atoms with Gasteiger partial charge in [0.15, 0.2) is 5.03 Å². The van der Waals surface area contributed by atoms with Crippen LogP contribution in [0.2, 0.25) is 0 Å². The van der Waals surface area contributed by atoms with Crippen molar-refractivity contribution in [3.8, 4) is 0 Å². The van der Waals surface area contributed by atoms with Crippen LogP contribution in [-0.4, -0.2) is 58.5 Å². The van der Waals surface area contributed by atoms with E-state index in [1.54, 1.807) is 0 Å². The van der Waals surface area contributed by atoms with Crippen LogP contribution in [0.1, 0.15) is 47.5 Å². The van der Waals surface area contributed by atoms with Crippen LogP contribution in [0, 0.1) is 21.4 Å². The summed E-state index contributed by atoms with van der Waals surface area (Å²) in [6.07, 6.45) is 1.22. The Morgan fingerprint density at radius 3 is 2.58 bits per heavy atom. The first kappa shape index (κ1) is 18.6. The van der Waals surface area contributed by atoms with Gasteiger partial charge in [-0.2, -0.15) is 0 Å². The maximum absolute atomic E-state index is 12.5. The molecule has 8 nitrogen and oxygen atoms in total. The van der Waals surface area contributed by atoms with E-state index < -0.39 is 5.03 Å². The number of guanidine groups is 1. The van der Waals surface area contributed by atoms with Gasteiger partial charge in [-0.15, -0.1) is 0 Å². The van der Waals surface area contributed by atoms with Crippen LogP contribution in [0.3, 0.4) is 0 Å². The molecule has 2 aliphatic heterocycles. The number of ether oxygens (including phenoxy) is 1. The number of carbonyl (C=O) groups is 1. The fourth-order valence-electron chi connectivity index (χ4n) is 3.33. The van der Waals surface area contributed by atoms with Crippen LogP contribution >= 0.6 is 0 Å². The third-order valence-corrected chi connectivity index (χ3v) is 4.24. The number of hydrazone groups is 1.